The number of benzene rings is 4. The van der Waals surface area contributed by atoms with Crippen LogP contribution < -0.4 is 29.1 Å². The second-order valence-electron chi connectivity index (χ2n) is 11.7. The van der Waals surface area contributed by atoms with Gasteiger partial charge in [-0.3, -0.25) is 14.2 Å². The molecule has 254 valence electrons. The summed E-state index contributed by atoms with van der Waals surface area (Å²) in [7, 11) is 1.60. The number of carbonyl (C=O) groups excluding carboxylic acids is 1. The van der Waals surface area contributed by atoms with Crippen molar-refractivity contribution in [2.75, 3.05) is 26.8 Å². The molecule has 0 fully saturated rings. The molecule has 0 unspecified atom stereocenters. The van der Waals surface area contributed by atoms with Crippen molar-refractivity contribution in [3.8, 4) is 23.3 Å². The first-order chi connectivity index (χ1) is 24.3. The summed E-state index contributed by atoms with van der Waals surface area (Å²) < 4.78 is 20.0. The van der Waals surface area contributed by atoms with Crippen molar-refractivity contribution in [1.82, 2.24) is 9.47 Å². The first-order valence-corrected chi connectivity index (χ1v) is 17.4. The number of aromatic nitrogens is 1. The molecule has 1 aliphatic heterocycles. The number of ether oxygens (including phenoxy) is 3. The summed E-state index contributed by atoms with van der Waals surface area (Å²) in [5.41, 5.74) is 3.54. The van der Waals surface area contributed by atoms with E-state index in [2.05, 4.69) is 6.07 Å². The highest BCUT2D eigenvalue weighted by molar-refractivity contribution is 7.07. The average Bonchev–Trinajstić information content (AvgIpc) is 3.44. The molecule has 1 amide bonds. The maximum atomic E-state index is 14.5. The average molecular weight is 687 g/mol. The summed E-state index contributed by atoms with van der Waals surface area (Å²) in [5.74, 6) is 1.46. The first kappa shape index (κ1) is 34.2. The highest BCUT2D eigenvalue weighted by atomic mass is 32.1. The van der Waals surface area contributed by atoms with Gasteiger partial charge in [0.25, 0.3) is 11.5 Å². The number of nitrogens with zero attached hydrogens (tertiary/aromatic N) is 4. The summed E-state index contributed by atoms with van der Waals surface area (Å²) in [6.45, 7) is 9.25. The Bertz CT molecular complexity index is 2350. The lowest BCUT2D eigenvalue weighted by molar-refractivity contribution is -0.127. The molecule has 0 N–H and O–H groups in total. The molecule has 0 saturated carbocycles. The summed E-state index contributed by atoms with van der Waals surface area (Å²) in [5, 5.41) is 11.3. The third-order valence-electron chi connectivity index (χ3n) is 8.81. The van der Waals surface area contributed by atoms with E-state index in [1.807, 2.05) is 101 Å². The third-order valence-corrected chi connectivity index (χ3v) is 9.80. The van der Waals surface area contributed by atoms with Crippen molar-refractivity contribution in [1.29, 1.82) is 5.26 Å². The molecular weight excluding hydrogens is 649 g/mol. The summed E-state index contributed by atoms with van der Waals surface area (Å²) in [6, 6.07) is 26.0. The van der Waals surface area contributed by atoms with Gasteiger partial charge in [-0.15, -0.1) is 0 Å². The Hall–Kier alpha value is -5.66. The highest BCUT2D eigenvalue weighted by Gasteiger charge is 2.36. The van der Waals surface area contributed by atoms with Crippen LogP contribution in [0.5, 0.6) is 17.2 Å². The van der Waals surface area contributed by atoms with Crippen LogP contribution in [-0.4, -0.2) is 42.2 Å². The SMILES string of the molecule is CCOc1cc(/C=c2/sc3n(c2=O)[C@@H](c2c(OC)ccc4ccccc24)C(C(=O)N(CC)CC)=C(C)N=3)ccc1OCc1ccccc1C#N. The molecular formula is C40H38N4O5S. The molecule has 0 aliphatic carbocycles. The number of nitriles is 1. The Kier molecular flexibility index (Phi) is 10.2. The molecule has 1 atom stereocenters. The van der Waals surface area contributed by atoms with E-state index in [9.17, 15) is 14.9 Å². The minimum absolute atomic E-state index is 0.167. The maximum Gasteiger partial charge on any atom is 0.271 e. The van der Waals surface area contributed by atoms with Crippen molar-refractivity contribution in [3.05, 3.63) is 132 Å². The van der Waals surface area contributed by atoms with Gasteiger partial charge < -0.3 is 19.1 Å². The Morgan fingerprint density at radius 2 is 1.72 bits per heavy atom. The lowest BCUT2D eigenvalue weighted by Crippen LogP contribution is -2.43. The molecule has 6 rings (SSSR count). The molecule has 4 aromatic carbocycles. The Morgan fingerprint density at radius 3 is 2.46 bits per heavy atom. The fraction of sp³-hybridized carbons (Fsp3) is 0.250. The fourth-order valence-corrected chi connectivity index (χ4v) is 7.40. The van der Waals surface area contributed by atoms with Crippen LogP contribution in [0.2, 0.25) is 0 Å². The zero-order valence-corrected chi connectivity index (χ0v) is 29.5. The van der Waals surface area contributed by atoms with Crippen molar-refractivity contribution in [2.45, 2.75) is 40.3 Å². The topological polar surface area (TPSA) is 106 Å². The Morgan fingerprint density at radius 1 is 0.980 bits per heavy atom. The van der Waals surface area contributed by atoms with E-state index in [-0.39, 0.29) is 18.1 Å². The zero-order chi connectivity index (χ0) is 35.4. The van der Waals surface area contributed by atoms with Crippen LogP contribution in [-0.2, 0) is 11.4 Å². The molecule has 2 heterocycles. The molecule has 50 heavy (non-hydrogen) atoms. The van der Waals surface area contributed by atoms with Crippen LogP contribution in [0.4, 0.5) is 0 Å². The van der Waals surface area contributed by atoms with Crippen molar-refractivity contribution in [3.63, 3.8) is 0 Å². The highest BCUT2D eigenvalue weighted by Crippen LogP contribution is 2.40. The van der Waals surface area contributed by atoms with E-state index in [4.69, 9.17) is 19.2 Å². The van der Waals surface area contributed by atoms with E-state index in [0.717, 1.165) is 27.5 Å². The van der Waals surface area contributed by atoms with Gasteiger partial charge in [0.05, 0.1) is 41.2 Å². The van der Waals surface area contributed by atoms with Crippen molar-refractivity contribution >= 4 is 34.1 Å². The van der Waals surface area contributed by atoms with Crippen LogP contribution in [0.25, 0.3) is 16.8 Å². The molecule has 10 heteroatoms. The largest absolute Gasteiger partial charge is 0.496 e. The third kappa shape index (κ3) is 6.40. The van der Waals surface area contributed by atoms with Gasteiger partial charge in [-0.2, -0.15) is 5.26 Å². The Balaban J connectivity index is 1.49. The van der Waals surface area contributed by atoms with Gasteiger partial charge >= 0.3 is 0 Å². The number of allylic oxidation sites excluding steroid dienone is 1. The molecule has 0 spiro atoms. The van der Waals surface area contributed by atoms with Crippen molar-refractivity contribution < 1.29 is 19.0 Å². The summed E-state index contributed by atoms with van der Waals surface area (Å²) >= 11 is 1.27. The van der Waals surface area contributed by atoms with Crippen LogP contribution in [0.3, 0.4) is 0 Å². The quantitative estimate of drug-likeness (QED) is 0.166. The predicted octanol–water partition coefficient (Wildman–Crippen LogP) is 6.11. The van der Waals surface area contributed by atoms with Gasteiger partial charge in [-0.1, -0.05) is 65.9 Å². The number of hydrogen-bond donors (Lipinski definition) is 0. The number of likely N-dealkylation sites (N-methyl/N-ethyl adjacent to an activating group) is 1. The number of carbonyl (C=O) groups is 1. The standard InChI is InChI=1S/C40H38N4O5S/c1-6-43(7-2)39(46)35-25(4)42-40-44(37(35)36-30-16-12-11-13-27(30)18-20-32(36)47-5)38(45)34(50-40)22-26-17-19-31(33(21-26)48-8-3)49-24-29-15-10-9-14-28(29)23-41/h9-22,37H,6-8,24H2,1-5H3/b34-22+/t37-/m1/s1. The van der Waals surface area contributed by atoms with Crippen LogP contribution >= 0.6 is 11.3 Å². The molecule has 1 aliphatic rings. The maximum absolute atomic E-state index is 14.5. The number of thiazole rings is 1. The van der Waals surface area contributed by atoms with Crippen LogP contribution in [0.1, 0.15) is 56.0 Å². The molecule has 9 nitrogen and oxygen atoms in total. The monoisotopic (exact) mass is 686 g/mol. The summed E-state index contributed by atoms with van der Waals surface area (Å²) in [4.78, 5) is 35.9. The minimum Gasteiger partial charge on any atom is -0.496 e. The Labute approximate surface area is 294 Å². The van der Waals surface area contributed by atoms with Crippen LogP contribution in [0, 0.1) is 11.3 Å². The van der Waals surface area contributed by atoms with Gasteiger partial charge in [0, 0.05) is 24.2 Å². The van der Waals surface area contributed by atoms with E-state index >= 15 is 0 Å². The molecule has 0 saturated heterocycles. The number of amides is 1. The van der Waals surface area contributed by atoms with E-state index < -0.39 is 6.04 Å². The minimum atomic E-state index is -0.770. The lowest BCUT2D eigenvalue weighted by atomic mass is 9.90. The first-order valence-electron chi connectivity index (χ1n) is 16.6. The predicted molar refractivity (Wildman–Crippen MR) is 195 cm³/mol. The fourth-order valence-electron chi connectivity index (χ4n) is 6.35. The van der Waals surface area contributed by atoms with Crippen LogP contribution in [0.15, 0.2) is 99.9 Å². The summed E-state index contributed by atoms with van der Waals surface area (Å²) in [6.07, 6.45) is 1.81. The smallest absolute Gasteiger partial charge is 0.271 e. The number of hydrogen-bond acceptors (Lipinski definition) is 8. The molecule has 0 bridgehead atoms. The number of rotatable bonds is 11. The second-order valence-corrected chi connectivity index (χ2v) is 12.7. The normalized spacial score (nSPS) is 14.2. The number of methoxy groups -OCH3 is 1. The zero-order valence-electron chi connectivity index (χ0n) is 28.7. The van der Waals surface area contributed by atoms with Gasteiger partial charge in [0.1, 0.15) is 18.4 Å². The molecule has 5 aromatic rings. The van der Waals surface area contributed by atoms with Gasteiger partial charge in [0.15, 0.2) is 16.3 Å². The van der Waals surface area contributed by atoms with E-state index in [1.54, 1.807) is 28.7 Å². The second kappa shape index (κ2) is 14.8. The van der Waals surface area contributed by atoms with Gasteiger partial charge in [-0.05, 0) is 74.4 Å². The molecule has 1 aromatic heterocycles. The van der Waals surface area contributed by atoms with Crippen molar-refractivity contribution in [2.24, 2.45) is 4.99 Å². The molecule has 0 radical (unpaired) electrons. The van der Waals surface area contributed by atoms with E-state index in [0.29, 0.717) is 63.1 Å². The van der Waals surface area contributed by atoms with Gasteiger partial charge in [-0.25, -0.2) is 4.99 Å². The lowest BCUT2D eigenvalue weighted by Gasteiger charge is -2.30. The number of fused-ring (bicyclic) bond motifs is 2. The van der Waals surface area contributed by atoms with E-state index in [1.165, 1.54) is 11.3 Å². The van der Waals surface area contributed by atoms with Gasteiger partial charge in [0.2, 0.25) is 0 Å².